The highest BCUT2D eigenvalue weighted by molar-refractivity contribution is 6.00. The number of hydrogen-bond donors (Lipinski definition) is 1. The van der Waals surface area contributed by atoms with Gasteiger partial charge in [0.05, 0.1) is 18.5 Å². The number of nitrogens with zero attached hydrogens (tertiary/aromatic N) is 1. The van der Waals surface area contributed by atoms with Crippen LogP contribution in [0.15, 0.2) is 42.5 Å². The molecule has 0 radical (unpaired) electrons. The highest BCUT2D eigenvalue weighted by atomic mass is 16.7. The number of rotatable bonds is 1. The van der Waals surface area contributed by atoms with Gasteiger partial charge in [-0.1, -0.05) is 12.1 Å². The Balaban J connectivity index is 1.29. The number of carbonyl (C=O) groups is 2. The fourth-order valence-electron chi connectivity index (χ4n) is 3.87. The second-order valence-corrected chi connectivity index (χ2v) is 7.05. The molecule has 3 aliphatic heterocycles. The second-order valence-electron chi connectivity index (χ2n) is 7.05. The normalized spacial score (nSPS) is 22.5. The summed E-state index contributed by atoms with van der Waals surface area (Å²) in [4.78, 5) is 26.9. The quantitative estimate of drug-likeness (QED) is 0.839. The number of para-hydroxylation sites is 1. The molecule has 5 rings (SSSR count). The van der Waals surface area contributed by atoms with Crippen LogP contribution in [0.1, 0.15) is 23.2 Å². The number of anilines is 1. The van der Waals surface area contributed by atoms with Crippen molar-refractivity contribution < 1.29 is 23.8 Å². The first-order valence-corrected chi connectivity index (χ1v) is 8.89. The lowest BCUT2D eigenvalue weighted by atomic mass is 9.89. The monoisotopic (exact) mass is 366 g/mol. The Kier molecular flexibility index (Phi) is 3.50. The Hall–Kier alpha value is -3.22. The first kappa shape index (κ1) is 16.0. The molecule has 1 atom stereocenters. The number of nitrogens with one attached hydrogen (secondary N) is 1. The maximum absolute atomic E-state index is 12.7. The minimum Gasteiger partial charge on any atom is -0.484 e. The number of amides is 2. The number of likely N-dealkylation sites (tertiary alicyclic amines) is 1. The van der Waals surface area contributed by atoms with Crippen molar-refractivity contribution in [2.45, 2.75) is 18.4 Å². The van der Waals surface area contributed by atoms with E-state index in [1.165, 1.54) is 0 Å². The minimum atomic E-state index is -0.641. The highest BCUT2D eigenvalue weighted by Gasteiger charge is 2.47. The van der Waals surface area contributed by atoms with Crippen LogP contribution < -0.4 is 19.5 Å². The molecule has 138 valence electrons. The molecule has 27 heavy (non-hydrogen) atoms. The van der Waals surface area contributed by atoms with Gasteiger partial charge >= 0.3 is 6.03 Å². The Morgan fingerprint density at radius 1 is 1.07 bits per heavy atom. The Bertz CT molecular complexity index is 944. The van der Waals surface area contributed by atoms with Gasteiger partial charge in [0, 0.05) is 24.7 Å². The molecule has 7 nitrogen and oxygen atoms in total. The SMILES string of the molecule is O=C1C[C@]2(CCN(C(=O)Nc3ccc4c(c3)OCO4)C2)Oc2ccccc21. The molecule has 3 heterocycles. The molecule has 1 saturated heterocycles. The molecule has 0 aromatic heterocycles. The van der Waals surface area contributed by atoms with Crippen LogP contribution in [0.25, 0.3) is 0 Å². The van der Waals surface area contributed by atoms with Crippen molar-refractivity contribution in [3.63, 3.8) is 0 Å². The molecule has 0 saturated carbocycles. The van der Waals surface area contributed by atoms with E-state index in [4.69, 9.17) is 14.2 Å². The van der Waals surface area contributed by atoms with Crippen molar-refractivity contribution in [2.24, 2.45) is 0 Å². The van der Waals surface area contributed by atoms with Crippen LogP contribution in [0.4, 0.5) is 10.5 Å². The molecule has 1 fully saturated rings. The van der Waals surface area contributed by atoms with Crippen molar-refractivity contribution in [2.75, 3.05) is 25.2 Å². The zero-order valence-corrected chi connectivity index (χ0v) is 14.6. The predicted octanol–water partition coefficient (Wildman–Crippen LogP) is 3.06. The van der Waals surface area contributed by atoms with Crippen LogP contribution >= 0.6 is 0 Å². The number of ketones is 1. The topological polar surface area (TPSA) is 77.1 Å². The lowest BCUT2D eigenvalue weighted by Crippen LogP contribution is -2.45. The predicted molar refractivity (Wildman–Crippen MR) is 96.5 cm³/mol. The molecule has 1 N–H and O–H groups in total. The van der Waals surface area contributed by atoms with Gasteiger partial charge in [-0.15, -0.1) is 0 Å². The van der Waals surface area contributed by atoms with Crippen molar-refractivity contribution in [1.82, 2.24) is 4.90 Å². The maximum Gasteiger partial charge on any atom is 0.321 e. The van der Waals surface area contributed by atoms with Crippen molar-refractivity contribution >= 4 is 17.5 Å². The second kappa shape index (κ2) is 5.90. The summed E-state index contributed by atoms with van der Waals surface area (Å²) >= 11 is 0. The third-order valence-electron chi connectivity index (χ3n) is 5.22. The summed E-state index contributed by atoms with van der Waals surface area (Å²) in [6, 6.07) is 12.3. The summed E-state index contributed by atoms with van der Waals surface area (Å²) in [5.41, 5.74) is 0.611. The number of benzene rings is 2. The zero-order chi connectivity index (χ0) is 18.4. The molecular weight excluding hydrogens is 348 g/mol. The van der Waals surface area contributed by atoms with Crippen LogP contribution in [0, 0.1) is 0 Å². The van der Waals surface area contributed by atoms with Crippen molar-refractivity contribution in [3.05, 3.63) is 48.0 Å². The van der Waals surface area contributed by atoms with Crippen molar-refractivity contribution in [1.29, 1.82) is 0 Å². The first-order chi connectivity index (χ1) is 13.1. The number of urea groups is 1. The van der Waals surface area contributed by atoms with Gasteiger partial charge in [-0.2, -0.15) is 0 Å². The van der Waals surface area contributed by atoms with Gasteiger partial charge in [0.2, 0.25) is 6.79 Å². The fraction of sp³-hybridized carbons (Fsp3) is 0.300. The van der Waals surface area contributed by atoms with E-state index >= 15 is 0 Å². The molecule has 2 amide bonds. The third-order valence-corrected chi connectivity index (χ3v) is 5.22. The molecule has 0 unspecified atom stereocenters. The number of fused-ring (bicyclic) bond motifs is 2. The summed E-state index contributed by atoms with van der Waals surface area (Å²) in [6.45, 7) is 1.10. The maximum atomic E-state index is 12.7. The average Bonchev–Trinajstić information content (AvgIpc) is 3.28. The Morgan fingerprint density at radius 2 is 1.93 bits per heavy atom. The molecule has 2 aromatic rings. The summed E-state index contributed by atoms with van der Waals surface area (Å²) in [7, 11) is 0. The Labute approximate surface area is 155 Å². The van der Waals surface area contributed by atoms with Gasteiger partial charge in [-0.05, 0) is 24.3 Å². The smallest absolute Gasteiger partial charge is 0.321 e. The van der Waals surface area contributed by atoms with Crippen LogP contribution in [0.3, 0.4) is 0 Å². The van der Waals surface area contributed by atoms with Crippen LogP contribution in [-0.4, -0.2) is 42.2 Å². The van der Waals surface area contributed by atoms with E-state index in [-0.39, 0.29) is 25.0 Å². The van der Waals surface area contributed by atoms with Gasteiger partial charge in [0.25, 0.3) is 0 Å². The summed E-state index contributed by atoms with van der Waals surface area (Å²) in [6.07, 6.45) is 0.916. The molecule has 0 bridgehead atoms. The van der Waals surface area contributed by atoms with Gasteiger partial charge in [-0.25, -0.2) is 4.79 Å². The van der Waals surface area contributed by atoms with Gasteiger partial charge in [0.15, 0.2) is 17.3 Å². The van der Waals surface area contributed by atoms with Crippen molar-refractivity contribution in [3.8, 4) is 17.2 Å². The number of hydrogen-bond acceptors (Lipinski definition) is 5. The molecule has 7 heteroatoms. The third kappa shape index (κ3) is 2.75. The fourth-order valence-corrected chi connectivity index (χ4v) is 3.87. The number of ether oxygens (including phenoxy) is 3. The first-order valence-electron chi connectivity index (χ1n) is 8.89. The van der Waals surface area contributed by atoms with E-state index in [9.17, 15) is 9.59 Å². The summed E-state index contributed by atoms with van der Waals surface area (Å²) in [5.74, 6) is 1.95. The van der Waals surface area contributed by atoms with E-state index in [0.717, 1.165) is 0 Å². The van der Waals surface area contributed by atoms with Gasteiger partial charge in [-0.3, -0.25) is 4.79 Å². The molecule has 0 aliphatic carbocycles. The number of Topliss-reactive ketones (excluding diaryl/α,β-unsaturated/α-hetero) is 1. The van der Waals surface area contributed by atoms with E-state index in [0.29, 0.717) is 48.0 Å². The van der Waals surface area contributed by atoms with Crippen LogP contribution in [-0.2, 0) is 0 Å². The minimum absolute atomic E-state index is 0.0647. The van der Waals surface area contributed by atoms with E-state index in [1.807, 2.05) is 18.2 Å². The van der Waals surface area contributed by atoms with Crippen LogP contribution in [0.5, 0.6) is 17.2 Å². The van der Waals surface area contributed by atoms with E-state index in [1.54, 1.807) is 29.2 Å². The van der Waals surface area contributed by atoms with Crippen LogP contribution in [0.2, 0.25) is 0 Å². The zero-order valence-electron chi connectivity index (χ0n) is 14.6. The largest absolute Gasteiger partial charge is 0.484 e. The standard InChI is InChI=1S/C20H18N2O5/c23-15-10-20(27-16-4-2-1-3-14(15)16)7-8-22(11-20)19(24)21-13-5-6-17-18(9-13)26-12-25-17/h1-6,9H,7-8,10-12H2,(H,21,24)/t20-/m0/s1. The molecule has 2 aromatic carbocycles. The summed E-state index contributed by atoms with van der Waals surface area (Å²) in [5, 5.41) is 2.88. The van der Waals surface area contributed by atoms with Gasteiger partial charge in [0.1, 0.15) is 11.4 Å². The number of carbonyl (C=O) groups excluding carboxylic acids is 2. The van der Waals surface area contributed by atoms with E-state index < -0.39 is 5.60 Å². The average molecular weight is 366 g/mol. The Morgan fingerprint density at radius 3 is 2.85 bits per heavy atom. The lowest BCUT2D eigenvalue weighted by molar-refractivity contribution is 0.0482. The lowest BCUT2D eigenvalue weighted by Gasteiger charge is -2.34. The summed E-state index contributed by atoms with van der Waals surface area (Å²) < 4.78 is 16.8. The molecule has 3 aliphatic rings. The molecular formula is C20H18N2O5. The molecule has 1 spiro atoms. The van der Waals surface area contributed by atoms with Gasteiger partial charge < -0.3 is 24.4 Å². The highest BCUT2D eigenvalue weighted by Crippen LogP contribution is 2.39. The van der Waals surface area contributed by atoms with E-state index in [2.05, 4.69) is 5.32 Å².